The van der Waals surface area contributed by atoms with Crippen LogP contribution in [0.15, 0.2) is 53.4 Å². The Balaban J connectivity index is 1.86. The molecule has 0 bridgehead atoms. The largest absolute Gasteiger partial charge is 0.399 e. The summed E-state index contributed by atoms with van der Waals surface area (Å²) >= 11 is 1.35. The van der Waals surface area contributed by atoms with Crippen LogP contribution in [0.25, 0.3) is 0 Å². The third kappa shape index (κ3) is 4.30. The minimum Gasteiger partial charge on any atom is -0.399 e. The highest BCUT2D eigenvalue weighted by Gasteiger charge is 2.04. The van der Waals surface area contributed by atoms with Crippen molar-refractivity contribution >= 4 is 29.0 Å². The maximum atomic E-state index is 12.7. The monoisotopic (exact) mass is 276 g/mol. The molecule has 0 aliphatic heterocycles. The van der Waals surface area contributed by atoms with E-state index in [0.717, 1.165) is 4.90 Å². The number of nitrogen functional groups attached to an aromatic ring is 1. The Morgan fingerprint density at radius 3 is 2.63 bits per heavy atom. The molecule has 0 aliphatic carbocycles. The summed E-state index contributed by atoms with van der Waals surface area (Å²) in [6.07, 6.45) is 0. The lowest BCUT2D eigenvalue weighted by Gasteiger charge is -2.05. The maximum Gasteiger partial charge on any atom is 0.234 e. The fourth-order valence-electron chi connectivity index (χ4n) is 1.49. The number of hydrogen-bond acceptors (Lipinski definition) is 3. The number of thioether (sulfide) groups is 1. The SMILES string of the molecule is Nc1cccc(NC(=O)CSc2ccc(F)cc2)c1. The smallest absolute Gasteiger partial charge is 0.234 e. The highest BCUT2D eigenvalue weighted by molar-refractivity contribution is 8.00. The van der Waals surface area contributed by atoms with Crippen LogP contribution in [0.5, 0.6) is 0 Å². The topological polar surface area (TPSA) is 55.1 Å². The molecule has 2 aromatic rings. The number of amides is 1. The molecule has 2 aromatic carbocycles. The van der Waals surface area contributed by atoms with Gasteiger partial charge in [-0.15, -0.1) is 11.8 Å². The van der Waals surface area contributed by atoms with Crippen LogP contribution in [0.2, 0.25) is 0 Å². The average molecular weight is 276 g/mol. The van der Waals surface area contributed by atoms with Crippen LogP contribution in [0.4, 0.5) is 15.8 Å². The number of carbonyl (C=O) groups is 1. The van der Waals surface area contributed by atoms with Gasteiger partial charge in [-0.1, -0.05) is 6.07 Å². The second kappa shape index (κ2) is 6.24. The molecule has 0 fully saturated rings. The lowest BCUT2D eigenvalue weighted by Crippen LogP contribution is -2.14. The van der Waals surface area contributed by atoms with Gasteiger partial charge in [-0.25, -0.2) is 4.39 Å². The van der Waals surface area contributed by atoms with Gasteiger partial charge in [0, 0.05) is 16.3 Å². The Morgan fingerprint density at radius 2 is 1.95 bits per heavy atom. The molecule has 0 aromatic heterocycles. The predicted molar refractivity (Wildman–Crippen MR) is 76.6 cm³/mol. The fraction of sp³-hybridized carbons (Fsp3) is 0.0714. The van der Waals surface area contributed by atoms with Crippen LogP contribution in [-0.2, 0) is 4.79 Å². The quantitative estimate of drug-likeness (QED) is 0.666. The minimum atomic E-state index is -0.284. The molecule has 98 valence electrons. The van der Waals surface area contributed by atoms with Gasteiger partial charge in [-0.2, -0.15) is 0 Å². The van der Waals surface area contributed by atoms with Gasteiger partial charge in [0.2, 0.25) is 5.91 Å². The first-order valence-corrected chi connectivity index (χ1v) is 6.66. The first-order valence-electron chi connectivity index (χ1n) is 5.67. The number of rotatable bonds is 4. The zero-order valence-corrected chi connectivity index (χ0v) is 10.9. The van der Waals surface area contributed by atoms with Gasteiger partial charge < -0.3 is 11.1 Å². The van der Waals surface area contributed by atoms with Gasteiger partial charge >= 0.3 is 0 Å². The van der Waals surface area contributed by atoms with Crippen LogP contribution in [-0.4, -0.2) is 11.7 Å². The standard InChI is InChI=1S/C14H13FN2OS/c15-10-4-6-13(7-5-10)19-9-14(18)17-12-3-1-2-11(16)8-12/h1-8H,9,16H2,(H,17,18). The Labute approximate surface area is 115 Å². The molecule has 0 spiro atoms. The van der Waals surface area contributed by atoms with Gasteiger partial charge in [-0.3, -0.25) is 4.79 Å². The summed E-state index contributed by atoms with van der Waals surface area (Å²) in [5, 5.41) is 2.75. The Morgan fingerprint density at radius 1 is 1.21 bits per heavy atom. The summed E-state index contributed by atoms with van der Waals surface area (Å²) in [5.74, 6) is -0.144. The summed E-state index contributed by atoms with van der Waals surface area (Å²) in [5.41, 5.74) is 6.89. The van der Waals surface area contributed by atoms with Crippen molar-refractivity contribution in [1.29, 1.82) is 0 Å². The molecule has 5 heteroatoms. The number of nitrogens with two attached hydrogens (primary N) is 1. The van der Waals surface area contributed by atoms with Crippen LogP contribution in [0.1, 0.15) is 0 Å². The molecule has 0 atom stereocenters. The number of benzene rings is 2. The number of carbonyl (C=O) groups excluding carboxylic acids is 1. The number of nitrogens with one attached hydrogen (secondary N) is 1. The van der Waals surface area contributed by atoms with Crippen molar-refractivity contribution in [2.24, 2.45) is 0 Å². The molecular formula is C14H13FN2OS. The third-order valence-electron chi connectivity index (χ3n) is 2.35. The van der Waals surface area contributed by atoms with Crippen LogP contribution in [0.3, 0.4) is 0 Å². The van der Waals surface area contributed by atoms with E-state index in [2.05, 4.69) is 5.32 Å². The van der Waals surface area contributed by atoms with Gasteiger partial charge in [-0.05, 0) is 42.5 Å². The van der Waals surface area contributed by atoms with E-state index in [1.807, 2.05) is 0 Å². The normalized spacial score (nSPS) is 10.2. The van der Waals surface area contributed by atoms with Crippen molar-refractivity contribution in [2.45, 2.75) is 4.90 Å². The molecule has 19 heavy (non-hydrogen) atoms. The molecule has 0 unspecified atom stereocenters. The molecule has 1 amide bonds. The highest BCUT2D eigenvalue weighted by Crippen LogP contribution is 2.19. The van der Waals surface area contributed by atoms with E-state index in [1.165, 1.54) is 23.9 Å². The highest BCUT2D eigenvalue weighted by atomic mass is 32.2. The molecule has 0 saturated heterocycles. The van der Waals surface area contributed by atoms with E-state index in [0.29, 0.717) is 11.4 Å². The summed E-state index contributed by atoms with van der Waals surface area (Å²) in [6, 6.07) is 13.0. The van der Waals surface area contributed by atoms with E-state index < -0.39 is 0 Å². The summed E-state index contributed by atoms with van der Waals surface area (Å²) in [4.78, 5) is 12.6. The molecule has 0 saturated carbocycles. The van der Waals surface area contributed by atoms with Crippen LogP contribution < -0.4 is 11.1 Å². The van der Waals surface area contributed by atoms with E-state index >= 15 is 0 Å². The Kier molecular flexibility index (Phi) is 4.41. The Bertz CT molecular complexity index is 572. The van der Waals surface area contributed by atoms with Gasteiger partial charge in [0.05, 0.1) is 5.75 Å². The van der Waals surface area contributed by atoms with Crippen molar-refractivity contribution in [3.8, 4) is 0 Å². The second-order valence-corrected chi connectivity index (χ2v) is 4.96. The lowest BCUT2D eigenvalue weighted by atomic mass is 10.3. The third-order valence-corrected chi connectivity index (χ3v) is 3.37. The van der Waals surface area contributed by atoms with Gasteiger partial charge in [0.1, 0.15) is 5.82 Å². The van der Waals surface area contributed by atoms with Crippen molar-refractivity contribution in [2.75, 3.05) is 16.8 Å². The fourth-order valence-corrected chi connectivity index (χ4v) is 2.19. The zero-order chi connectivity index (χ0) is 13.7. The average Bonchev–Trinajstić information content (AvgIpc) is 2.38. The molecule has 2 rings (SSSR count). The summed E-state index contributed by atoms with van der Waals surface area (Å²) < 4.78 is 12.7. The maximum absolute atomic E-state index is 12.7. The minimum absolute atomic E-state index is 0.125. The predicted octanol–water partition coefficient (Wildman–Crippen LogP) is 3.14. The lowest BCUT2D eigenvalue weighted by molar-refractivity contribution is -0.113. The Hall–Kier alpha value is -2.01. The van der Waals surface area contributed by atoms with Gasteiger partial charge in [0.15, 0.2) is 0 Å². The number of halogens is 1. The van der Waals surface area contributed by atoms with E-state index in [-0.39, 0.29) is 17.5 Å². The zero-order valence-electron chi connectivity index (χ0n) is 10.1. The van der Waals surface area contributed by atoms with Crippen molar-refractivity contribution < 1.29 is 9.18 Å². The van der Waals surface area contributed by atoms with E-state index in [1.54, 1.807) is 36.4 Å². The van der Waals surface area contributed by atoms with Gasteiger partial charge in [0.25, 0.3) is 0 Å². The molecule has 3 nitrogen and oxygen atoms in total. The molecule has 0 heterocycles. The number of hydrogen-bond donors (Lipinski definition) is 2. The van der Waals surface area contributed by atoms with E-state index in [4.69, 9.17) is 5.73 Å². The molecular weight excluding hydrogens is 263 g/mol. The van der Waals surface area contributed by atoms with Crippen molar-refractivity contribution in [1.82, 2.24) is 0 Å². The van der Waals surface area contributed by atoms with Crippen molar-refractivity contribution in [3.05, 3.63) is 54.3 Å². The first-order chi connectivity index (χ1) is 9.13. The first kappa shape index (κ1) is 13.4. The van der Waals surface area contributed by atoms with Crippen LogP contribution in [0, 0.1) is 5.82 Å². The summed E-state index contributed by atoms with van der Waals surface area (Å²) in [7, 11) is 0. The van der Waals surface area contributed by atoms with Crippen molar-refractivity contribution in [3.63, 3.8) is 0 Å². The molecule has 3 N–H and O–H groups in total. The summed E-state index contributed by atoms with van der Waals surface area (Å²) in [6.45, 7) is 0. The number of anilines is 2. The molecule has 0 aliphatic rings. The second-order valence-electron chi connectivity index (χ2n) is 3.92. The molecule has 0 radical (unpaired) electrons. The van der Waals surface area contributed by atoms with Crippen LogP contribution >= 0.6 is 11.8 Å². The van der Waals surface area contributed by atoms with E-state index in [9.17, 15) is 9.18 Å².